The summed E-state index contributed by atoms with van der Waals surface area (Å²) in [6.45, 7) is 0. The summed E-state index contributed by atoms with van der Waals surface area (Å²) < 4.78 is 34.2. The Hall–Kier alpha value is -3.68. The number of hydrogen-bond donors (Lipinski definition) is 1. The van der Waals surface area contributed by atoms with Crippen LogP contribution in [0, 0.1) is 0 Å². The van der Waals surface area contributed by atoms with E-state index in [-0.39, 0.29) is 4.90 Å². The summed E-state index contributed by atoms with van der Waals surface area (Å²) in [6, 6.07) is 21.1. The van der Waals surface area contributed by atoms with Crippen molar-refractivity contribution in [3.63, 3.8) is 0 Å². The Morgan fingerprint density at radius 1 is 0.938 bits per heavy atom. The molecule has 158 valence electrons. The number of benzene rings is 3. The minimum absolute atomic E-state index is 0.118. The Morgan fingerprint density at radius 2 is 1.75 bits per heavy atom. The second-order valence-corrected chi connectivity index (χ2v) is 9.18. The van der Waals surface area contributed by atoms with Crippen molar-refractivity contribution in [2.45, 2.75) is 4.90 Å². The predicted molar refractivity (Wildman–Crippen MR) is 125 cm³/mol. The maximum absolute atomic E-state index is 13.1. The highest BCUT2D eigenvalue weighted by atomic mass is 35.5. The molecule has 6 nitrogen and oxygen atoms in total. The lowest BCUT2D eigenvalue weighted by Crippen LogP contribution is -2.13. The molecule has 5 aromatic rings. The smallest absolute Gasteiger partial charge is 0.261 e. The van der Waals surface area contributed by atoms with E-state index in [0.29, 0.717) is 27.7 Å². The predicted octanol–water partition coefficient (Wildman–Crippen LogP) is 6.01. The van der Waals surface area contributed by atoms with Gasteiger partial charge in [0.2, 0.25) is 0 Å². The van der Waals surface area contributed by atoms with Gasteiger partial charge in [-0.3, -0.25) is 9.71 Å². The molecule has 8 heteroatoms. The van der Waals surface area contributed by atoms with Gasteiger partial charge in [-0.05, 0) is 53.9 Å². The van der Waals surface area contributed by atoms with Crippen LogP contribution in [-0.2, 0) is 10.0 Å². The van der Waals surface area contributed by atoms with Crippen molar-refractivity contribution in [1.82, 2.24) is 9.97 Å². The van der Waals surface area contributed by atoms with E-state index in [1.165, 1.54) is 18.5 Å². The van der Waals surface area contributed by atoms with Gasteiger partial charge in [-0.15, -0.1) is 0 Å². The van der Waals surface area contributed by atoms with Gasteiger partial charge in [-0.1, -0.05) is 35.9 Å². The molecule has 0 aliphatic carbocycles. The van der Waals surface area contributed by atoms with E-state index in [2.05, 4.69) is 14.7 Å². The largest absolute Gasteiger partial charge is 0.444 e. The third-order valence-corrected chi connectivity index (χ3v) is 6.65. The molecule has 0 radical (unpaired) electrons. The first-order valence-electron chi connectivity index (χ1n) is 9.67. The molecule has 0 unspecified atom stereocenters. The number of nitrogens with zero attached hydrogens (tertiary/aromatic N) is 2. The molecule has 0 spiro atoms. The first kappa shape index (κ1) is 20.2. The van der Waals surface area contributed by atoms with E-state index in [1.54, 1.807) is 42.7 Å². The number of sulfonamides is 1. The molecule has 0 amide bonds. The first-order chi connectivity index (χ1) is 15.5. The van der Waals surface area contributed by atoms with Crippen molar-refractivity contribution in [2.75, 3.05) is 4.72 Å². The molecule has 0 bridgehead atoms. The van der Waals surface area contributed by atoms with Crippen LogP contribution in [0.5, 0.6) is 0 Å². The van der Waals surface area contributed by atoms with Gasteiger partial charge in [0.25, 0.3) is 10.0 Å². The average Bonchev–Trinajstić information content (AvgIpc) is 3.35. The molecular weight excluding hydrogens is 446 g/mol. The quantitative estimate of drug-likeness (QED) is 0.346. The topological polar surface area (TPSA) is 85.1 Å². The fourth-order valence-corrected chi connectivity index (χ4v) is 4.75. The number of nitrogens with one attached hydrogen (secondary N) is 1. The summed E-state index contributed by atoms with van der Waals surface area (Å²) in [5.41, 5.74) is 2.35. The molecule has 3 aromatic carbocycles. The average molecular weight is 462 g/mol. The summed E-state index contributed by atoms with van der Waals surface area (Å²) >= 11 is 6.25. The van der Waals surface area contributed by atoms with Crippen molar-refractivity contribution in [3.8, 4) is 22.6 Å². The number of halogens is 1. The van der Waals surface area contributed by atoms with Crippen LogP contribution >= 0.6 is 11.6 Å². The Kier molecular flexibility index (Phi) is 5.13. The van der Waals surface area contributed by atoms with E-state index in [1.807, 2.05) is 30.3 Å². The number of anilines is 1. The van der Waals surface area contributed by atoms with Crippen molar-refractivity contribution >= 4 is 38.1 Å². The summed E-state index contributed by atoms with van der Waals surface area (Å²) in [4.78, 5) is 8.51. The SMILES string of the molecule is O=S(=O)(Nc1ccc(Cl)cc1-c1nccc2ccccc12)c1ccc(-c2cnco2)cc1. The van der Waals surface area contributed by atoms with Gasteiger partial charge in [0.1, 0.15) is 0 Å². The van der Waals surface area contributed by atoms with Crippen molar-refractivity contribution in [1.29, 1.82) is 0 Å². The molecule has 0 atom stereocenters. The molecule has 0 saturated carbocycles. The monoisotopic (exact) mass is 461 g/mol. The van der Waals surface area contributed by atoms with Gasteiger partial charge in [-0.2, -0.15) is 0 Å². The second-order valence-electron chi connectivity index (χ2n) is 7.07. The molecule has 0 aliphatic rings. The van der Waals surface area contributed by atoms with Crippen LogP contribution in [0.25, 0.3) is 33.4 Å². The fraction of sp³-hybridized carbons (Fsp3) is 0. The third-order valence-electron chi connectivity index (χ3n) is 5.04. The van der Waals surface area contributed by atoms with Crippen LogP contribution in [0.1, 0.15) is 0 Å². The van der Waals surface area contributed by atoms with E-state index < -0.39 is 10.0 Å². The van der Waals surface area contributed by atoms with Crippen LogP contribution < -0.4 is 4.72 Å². The van der Waals surface area contributed by atoms with Gasteiger partial charge < -0.3 is 4.42 Å². The normalized spacial score (nSPS) is 11.5. The molecule has 32 heavy (non-hydrogen) atoms. The standard InChI is InChI=1S/C24H16ClN3O3S/c25-18-7-10-22(21(13-18)24-20-4-2-1-3-16(20)11-12-27-24)28-32(29,30)19-8-5-17(6-9-19)23-14-26-15-31-23/h1-15,28H. The van der Waals surface area contributed by atoms with Crippen molar-refractivity contribution < 1.29 is 12.8 Å². The minimum atomic E-state index is -3.86. The van der Waals surface area contributed by atoms with Crippen LogP contribution in [-0.4, -0.2) is 18.4 Å². The highest BCUT2D eigenvalue weighted by Gasteiger charge is 2.19. The van der Waals surface area contributed by atoms with Gasteiger partial charge in [0.15, 0.2) is 12.2 Å². The Bertz CT molecular complexity index is 1510. The second kappa shape index (κ2) is 8.11. The third kappa shape index (κ3) is 3.84. The maximum atomic E-state index is 13.1. The zero-order valence-corrected chi connectivity index (χ0v) is 18.1. The Morgan fingerprint density at radius 3 is 2.53 bits per heavy atom. The lowest BCUT2D eigenvalue weighted by molar-refractivity contribution is 0.572. The van der Waals surface area contributed by atoms with Gasteiger partial charge in [-0.25, -0.2) is 13.4 Å². The molecule has 2 aromatic heterocycles. The molecule has 0 fully saturated rings. The molecule has 5 rings (SSSR count). The zero-order valence-electron chi connectivity index (χ0n) is 16.6. The van der Waals surface area contributed by atoms with Crippen molar-refractivity contribution in [3.05, 3.63) is 96.6 Å². The highest BCUT2D eigenvalue weighted by molar-refractivity contribution is 7.92. The number of fused-ring (bicyclic) bond motifs is 1. The number of rotatable bonds is 5. The van der Waals surface area contributed by atoms with E-state index >= 15 is 0 Å². The summed E-state index contributed by atoms with van der Waals surface area (Å²) in [5.74, 6) is 0.559. The van der Waals surface area contributed by atoms with Crippen LogP contribution in [0.3, 0.4) is 0 Å². The van der Waals surface area contributed by atoms with Gasteiger partial charge >= 0.3 is 0 Å². The number of pyridine rings is 1. The molecule has 1 N–H and O–H groups in total. The fourth-order valence-electron chi connectivity index (χ4n) is 3.50. The number of hydrogen-bond acceptors (Lipinski definition) is 5. The Labute approximate surface area is 189 Å². The van der Waals surface area contributed by atoms with E-state index in [0.717, 1.165) is 16.3 Å². The molecule has 0 saturated heterocycles. The minimum Gasteiger partial charge on any atom is -0.444 e. The van der Waals surface area contributed by atoms with E-state index in [9.17, 15) is 8.42 Å². The first-order valence-corrected chi connectivity index (χ1v) is 11.5. The molecule has 2 heterocycles. The molecular formula is C24H16ClN3O3S. The summed E-state index contributed by atoms with van der Waals surface area (Å²) in [5, 5.41) is 2.37. The van der Waals surface area contributed by atoms with Crippen molar-refractivity contribution in [2.24, 2.45) is 0 Å². The summed E-state index contributed by atoms with van der Waals surface area (Å²) in [7, 11) is -3.86. The maximum Gasteiger partial charge on any atom is 0.261 e. The zero-order chi connectivity index (χ0) is 22.1. The van der Waals surface area contributed by atoms with Crippen LogP contribution in [0.2, 0.25) is 5.02 Å². The molecule has 0 aliphatic heterocycles. The number of oxazole rings is 1. The summed E-state index contributed by atoms with van der Waals surface area (Å²) in [6.07, 6.45) is 4.59. The lowest BCUT2D eigenvalue weighted by Gasteiger charge is -2.14. The Balaban J connectivity index is 1.55. The van der Waals surface area contributed by atoms with E-state index in [4.69, 9.17) is 16.0 Å². The van der Waals surface area contributed by atoms with Gasteiger partial charge in [0, 0.05) is 27.7 Å². The number of aromatic nitrogens is 2. The highest BCUT2D eigenvalue weighted by Crippen LogP contribution is 2.35. The van der Waals surface area contributed by atoms with Crippen LogP contribution in [0.4, 0.5) is 5.69 Å². The van der Waals surface area contributed by atoms with Gasteiger partial charge in [0.05, 0.1) is 22.5 Å². The lowest BCUT2D eigenvalue weighted by atomic mass is 10.0. The van der Waals surface area contributed by atoms with Crippen LogP contribution in [0.15, 0.2) is 101 Å².